The number of carbonyl (C=O) groups excluding carboxylic acids is 1. The maximum absolute atomic E-state index is 11.4. The van der Waals surface area contributed by atoms with Gasteiger partial charge in [0, 0.05) is 23.0 Å². The highest BCUT2D eigenvalue weighted by Crippen LogP contribution is 2.31. The maximum atomic E-state index is 11.4. The topological polar surface area (TPSA) is 20.3 Å². The van der Waals surface area contributed by atoms with Gasteiger partial charge in [0.2, 0.25) is 0 Å². The van der Waals surface area contributed by atoms with Gasteiger partial charge in [-0.2, -0.15) is 0 Å². The number of hydrogen-bond acceptors (Lipinski definition) is 2. The number of benzene rings is 1. The zero-order chi connectivity index (χ0) is 14.5. The van der Waals surface area contributed by atoms with Crippen LogP contribution in [0.3, 0.4) is 0 Å². The maximum Gasteiger partial charge on any atom is 0.127 e. The second kappa shape index (κ2) is 7.06. The molecule has 0 radical (unpaired) electrons. The van der Waals surface area contributed by atoms with Crippen LogP contribution in [0.1, 0.15) is 45.2 Å². The summed E-state index contributed by atoms with van der Waals surface area (Å²) in [6, 6.07) is 8.09. The van der Waals surface area contributed by atoms with Crippen molar-refractivity contribution in [3.63, 3.8) is 0 Å². The molecule has 0 aliphatic rings. The second-order valence-electron chi connectivity index (χ2n) is 5.30. The highest BCUT2D eigenvalue weighted by Gasteiger charge is 2.29. The molecule has 0 aromatic heterocycles. The van der Waals surface area contributed by atoms with Gasteiger partial charge in [0.1, 0.15) is 6.29 Å². The lowest BCUT2D eigenvalue weighted by Gasteiger charge is -2.34. The number of carbonyl (C=O) groups is 1. The molecule has 3 heteroatoms. The molecule has 2 nitrogen and oxygen atoms in total. The normalized spacial score (nSPS) is 13.6. The van der Waals surface area contributed by atoms with Crippen molar-refractivity contribution in [3.05, 3.63) is 34.9 Å². The number of nitrogens with zero attached hydrogens (tertiary/aromatic N) is 1. The third-order valence-electron chi connectivity index (χ3n) is 4.24. The van der Waals surface area contributed by atoms with Crippen molar-refractivity contribution >= 4 is 17.9 Å². The van der Waals surface area contributed by atoms with Crippen molar-refractivity contribution in [1.29, 1.82) is 0 Å². The molecule has 0 aliphatic heterocycles. The second-order valence-corrected chi connectivity index (χ2v) is 5.71. The van der Waals surface area contributed by atoms with E-state index in [1.807, 2.05) is 24.3 Å². The molecular weight excluding hydrogens is 258 g/mol. The molecule has 1 rings (SSSR count). The van der Waals surface area contributed by atoms with Crippen LogP contribution in [0.2, 0.25) is 5.02 Å². The van der Waals surface area contributed by atoms with Crippen molar-refractivity contribution in [3.8, 4) is 0 Å². The molecule has 19 heavy (non-hydrogen) atoms. The molecule has 0 spiro atoms. The summed E-state index contributed by atoms with van der Waals surface area (Å²) in [7, 11) is 2.05. The van der Waals surface area contributed by atoms with E-state index >= 15 is 0 Å². The Labute approximate surface area is 121 Å². The molecule has 0 amide bonds. The Kier molecular flexibility index (Phi) is 6.02. The molecule has 0 N–H and O–H groups in total. The summed E-state index contributed by atoms with van der Waals surface area (Å²) in [5.41, 5.74) is 0.864. The van der Waals surface area contributed by atoms with Crippen LogP contribution in [0, 0.1) is 5.41 Å². The minimum absolute atomic E-state index is 0.200. The van der Waals surface area contributed by atoms with Crippen LogP contribution >= 0.6 is 11.6 Å². The van der Waals surface area contributed by atoms with E-state index in [9.17, 15) is 4.79 Å². The molecule has 0 heterocycles. The van der Waals surface area contributed by atoms with Crippen LogP contribution in [0.15, 0.2) is 24.3 Å². The molecule has 1 aromatic carbocycles. The van der Waals surface area contributed by atoms with Crippen LogP contribution in [-0.2, 0) is 4.79 Å². The molecule has 0 bridgehead atoms. The van der Waals surface area contributed by atoms with Crippen LogP contribution in [-0.4, -0.2) is 24.8 Å². The summed E-state index contributed by atoms with van der Waals surface area (Å²) < 4.78 is 0. The molecule has 0 aliphatic carbocycles. The summed E-state index contributed by atoms with van der Waals surface area (Å²) >= 11 is 6.24. The van der Waals surface area contributed by atoms with Crippen LogP contribution in [0.25, 0.3) is 0 Å². The van der Waals surface area contributed by atoms with Gasteiger partial charge in [-0.25, -0.2) is 0 Å². The van der Waals surface area contributed by atoms with E-state index in [1.54, 1.807) is 0 Å². The molecule has 1 atom stereocenters. The summed E-state index contributed by atoms with van der Waals surface area (Å²) in [5.74, 6) is 0. The van der Waals surface area contributed by atoms with Gasteiger partial charge in [0.05, 0.1) is 0 Å². The lowest BCUT2D eigenvalue weighted by atomic mass is 9.83. The number of hydrogen-bond donors (Lipinski definition) is 0. The molecule has 0 saturated carbocycles. The third-order valence-corrected chi connectivity index (χ3v) is 4.58. The fraction of sp³-hybridized carbons (Fsp3) is 0.562. The molecule has 0 saturated heterocycles. The SMILES string of the molecule is CCC(C=O)(CC)CN(C)C(C)c1ccccc1Cl. The van der Waals surface area contributed by atoms with E-state index in [-0.39, 0.29) is 11.5 Å². The first-order chi connectivity index (χ1) is 8.99. The van der Waals surface area contributed by atoms with E-state index in [0.29, 0.717) is 0 Å². The fourth-order valence-corrected chi connectivity index (χ4v) is 2.66. The minimum Gasteiger partial charge on any atom is -0.303 e. The average molecular weight is 282 g/mol. The Hall–Kier alpha value is -0.860. The predicted molar refractivity (Wildman–Crippen MR) is 81.6 cm³/mol. The van der Waals surface area contributed by atoms with Gasteiger partial charge >= 0.3 is 0 Å². The highest BCUT2D eigenvalue weighted by atomic mass is 35.5. The van der Waals surface area contributed by atoms with Crippen LogP contribution in [0.4, 0.5) is 0 Å². The van der Waals surface area contributed by atoms with Gasteiger partial charge in [-0.05, 0) is 38.4 Å². The Balaban J connectivity index is 2.86. The molecule has 1 aromatic rings. The molecule has 0 fully saturated rings. The summed E-state index contributed by atoms with van der Waals surface area (Å²) in [6.45, 7) is 7.04. The molecule has 106 valence electrons. The van der Waals surface area contributed by atoms with Gasteiger partial charge in [-0.3, -0.25) is 4.90 Å². The van der Waals surface area contributed by atoms with Crippen molar-refractivity contribution in [2.75, 3.05) is 13.6 Å². The monoisotopic (exact) mass is 281 g/mol. The smallest absolute Gasteiger partial charge is 0.127 e. The third kappa shape index (κ3) is 3.80. The average Bonchev–Trinajstić information content (AvgIpc) is 2.44. The number of halogens is 1. The summed E-state index contributed by atoms with van der Waals surface area (Å²) in [6.07, 6.45) is 2.85. The van der Waals surface area contributed by atoms with Gasteiger partial charge in [-0.15, -0.1) is 0 Å². The largest absolute Gasteiger partial charge is 0.303 e. The quantitative estimate of drug-likeness (QED) is 0.693. The molecular formula is C16H24ClNO. The first-order valence-corrected chi connectivity index (χ1v) is 7.28. The lowest BCUT2D eigenvalue weighted by Crippen LogP contribution is -2.37. The predicted octanol–water partition coefficient (Wildman–Crippen LogP) is 4.34. The van der Waals surface area contributed by atoms with Gasteiger partial charge in [-0.1, -0.05) is 43.6 Å². The summed E-state index contributed by atoms with van der Waals surface area (Å²) in [5, 5.41) is 0.784. The van der Waals surface area contributed by atoms with Crippen molar-refractivity contribution < 1.29 is 4.79 Å². The lowest BCUT2D eigenvalue weighted by molar-refractivity contribution is -0.117. The van der Waals surface area contributed by atoms with Gasteiger partial charge < -0.3 is 4.79 Å². The fourth-order valence-electron chi connectivity index (χ4n) is 2.36. The Morgan fingerprint density at radius 1 is 1.32 bits per heavy atom. The molecule has 1 unspecified atom stereocenters. The van der Waals surface area contributed by atoms with Gasteiger partial charge in [0.15, 0.2) is 0 Å². The van der Waals surface area contributed by atoms with E-state index < -0.39 is 0 Å². The Bertz CT molecular complexity index is 415. The number of rotatable bonds is 7. The zero-order valence-corrected chi connectivity index (χ0v) is 13.1. The Morgan fingerprint density at radius 2 is 1.89 bits per heavy atom. The zero-order valence-electron chi connectivity index (χ0n) is 12.3. The van der Waals surface area contributed by atoms with E-state index in [4.69, 9.17) is 11.6 Å². The van der Waals surface area contributed by atoms with Crippen LogP contribution in [0.5, 0.6) is 0 Å². The van der Waals surface area contributed by atoms with E-state index in [2.05, 4.69) is 32.7 Å². The standard InChI is InChI=1S/C16H24ClNO/c1-5-16(6-2,12-19)11-18(4)13(3)14-9-7-8-10-15(14)17/h7-10,12-13H,5-6,11H2,1-4H3. The van der Waals surface area contributed by atoms with Crippen molar-refractivity contribution in [1.82, 2.24) is 4.90 Å². The first kappa shape index (κ1) is 16.2. The summed E-state index contributed by atoms with van der Waals surface area (Å²) in [4.78, 5) is 13.6. The van der Waals surface area contributed by atoms with Crippen LogP contribution < -0.4 is 0 Å². The van der Waals surface area contributed by atoms with Crippen molar-refractivity contribution in [2.45, 2.75) is 39.7 Å². The highest BCUT2D eigenvalue weighted by molar-refractivity contribution is 6.31. The van der Waals surface area contributed by atoms with Gasteiger partial charge in [0.25, 0.3) is 0 Å². The number of aldehydes is 1. The Morgan fingerprint density at radius 3 is 2.37 bits per heavy atom. The van der Waals surface area contributed by atoms with E-state index in [1.165, 1.54) is 0 Å². The first-order valence-electron chi connectivity index (χ1n) is 6.90. The van der Waals surface area contributed by atoms with E-state index in [0.717, 1.165) is 36.3 Å². The van der Waals surface area contributed by atoms with Crippen molar-refractivity contribution in [2.24, 2.45) is 5.41 Å². The minimum atomic E-state index is -0.246.